The van der Waals surface area contributed by atoms with Crippen LogP contribution in [0.3, 0.4) is 0 Å². The van der Waals surface area contributed by atoms with Crippen molar-refractivity contribution in [1.29, 1.82) is 0 Å². The van der Waals surface area contributed by atoms with E-state index in [9.17, 15) is 9.59 Å². The number of aryl methyl sites for hydroxylation is 3. The summed E-state index contributed by atoms with van der Waals surface area (Å²) < 4.78 is 4.97. The highest BCUT2D eigenvalue weighted by atomic mass is 16.5. The molecule has 0 aromatic carbocycles. The van der Waals surface area contributed by atoms with Gasteiger partial charge in [-0.2, -0.15) is 4.98 Å². The Hall–Kier alpha value is -3.29. The number of pyridine rings is 2. The smallest absolute Gasteiger partial charge is 0.253 e. The Bertz CT molecular complexity index is 990. The molecule has 3 aromatic rings. The van der Waals surface area contributed by atoms with E-state index in [2.05, 4.69) is 25.4 Å². The van der Waals surface area contributed by atoms with E-state index < -0.39 is 0 Å². The molecule has 0 saturated carbocycles. The van der Waals surface area contributed by atoms with Crippen molar-refractivity contribution in [3.8, 4) is 11.4 Å². The molecule has 0 atom stereocenters. The fourth-order valence-electron chi connectivity index (χ4n) is 2.54. The Morgan fingerprint density at radius 1 is 1.32 bits per heavy atom. The summed E-state index contributed by atoms with van der Waals surface area (Å²) in [5.41, 5.74) is 2.72. The molecule has 3 aromatic heterocycles. The molecule has 0 aliphatic heterocycles. The van der Waals surface area contributed by atoms with Crippen LogP contribution in [-0.2, 0) is 6.54 Å². The van der Waals surface area contributed by atoms with Gasteiger partial charge in [-0.1, -0.05) is 5.16 Å². The summed E-state index contributed by atoms with van der Waals surface area (Å²) in [7, 11) is 0. The highest BCUT2D eigenvalue weighted by Gasteiger charge is 2.17. The number of nitrogens with zero attached hydrogens (tertiary/aromatic N) is 3. The van der Waals surface area contributed by atoms with Crippen molar-refractivity contribution in [2.75, 3.05) is 0 Å². The average Bonchev–Trinajstić information content (AvgIpc) is 3.00. The van der Waals surface area contributed by atoms with E-state index in [1.807, 2.05) is 19.9 Å². The molecule has 0 radical (unpaired) electrons. The zero-order chi connectivity index (χ0) is 18.0. The first kappa shape index (κ1) is 16.6. The lowest BCUT2D eigenvalue weighted by Crippen LogP contribution is -2.28. The van der Waals surface area contributed by atoms with Crippen LogP contribution in [0.1, 0.15) is 33.1 Å². The fourth-order valence-corrected chi connectivity index (χ4v) is 2.54. The number of hydrogen-bond donors (Lipinski definition) is 2. The monoisotopic (exact) mass is 339 g/mol. The molecule has 0 aliphatic carbocycles. The van der Waals surface area contributed by atoms with Crippen LogP contribution in [-0.4, -0.2) is 26.0 Å². The van der Waals surface area contributed by atoms with Crippen molar-refractivity contribution in [3.63, 3.8) is 0 Å². The zero-order valence-electron chi connectivity index (χ0n) is 14.1. The summed E-state index contributed by atoms with van der Waals surface area (Å²) in [6, 6.07) is 3.50. The summed E-state index contributed by atoms with van der Waals surface area (Å²) in [4.78, 5) is 35.5. The number of aromatic nitrogens is 4. The predicted molar refractivity (Wildman–Crippen MR) is 90.0 cm³/mol. The third-order valence-electron chi connectivity index (χ3n) is 3.75. The molecular weight excluding hydrogens is 322 g/mol. The molecule has 0 bridgehead atoms. The number of amides is 1. The molecule has 128 valence electrons. The second-order valence-electron chi connectivity index (χ2n) is 5.68. The van der Waals surface area contributed by atoms with Gasteiger partial charge < -0.3 is 14.8 Å². The number of nitrogens with one attached hydrogen (secondary N) is 2. The second-order valence-corrected chi connectivity index (χ2v) is 5.68. The molecule has 25 heavy (non-hydrogen) atoms. The van der Waals surface area contributed by atoms with Crippen LogP contribution >= 0.6 is 0 Å². The van der Waals surface area contributed by atoms with Crippen LogP contribution in [0.15, 0.2) is 33.8 Å². The first-order chi connectivity index (χ1) is 12.0. The van der Waals surface area contributed by atoms with Crippen LogP contribution in [0.2, 0.25) is 0 Å². The Balaban J connectivity index is 1.85. The van der Waals surface area contributed by atoms with Crippen molar-refractivity contribution in [1.82, 2.24) is 25.4 Å². The van der Waals surface area contributed by atoms with Gasteiger partial charge in [0.25, 0.3) is 11.5 Å². The topological polar surface area (TPSA) is 114 Å². The van der Waals surface area contributed by atoms with Gasteiger partial charge in [0.05, 0.1) is 5.56 Å². The van der Waals surface area contributed by atoms with Crippen LogP contribution in [0.4, 0.5) is 0 Å². The van der Waals surface area contributed by atoms with Gasteiger partial charge in [-0.15, -0.1) is 0 Å². The first-order valence-electron chi connectivity index (χ1n) is 7.68. The lowest BCUT2D eigenvalue weighted by molar-refractivity contribution is 0.0951. The van der Waals surface area contributed by atoms with Crippen molar-refractivity contribution in [2.24, 2.45) is 0 Å². The normalized spacial score (nSPS) is 10.7. The van der Waals surface area contributed by atoms with E-state index in [1.165, 1.54) is 6.20 Å². The number of H-pyrrole nitrogens is 1. The van der Waals surface area contributed by atoms with Gasteiger partial charge in [0.2, 0.25) is 11.7 Å². The zero-order valence-corrected chi connectivity index (χ0v) is 14.1. The van der Waals surface area contributed by atoms with Gasteiger partial charge in [0.15, 0.2) is 0 Å². The summed E-state index contributed by atoms with van der Waals surface area (Å²) >= 11 is 0. The molecule has 0 fully saturated rings. The number of rotatable bonds is 4. The number of hydrogen-bond acceptors (Lipinski definition) is 6. The van der Waals surface area contributed by atoms with E-state index in [-0.39, 0.29) is 18.0 Å². The third-order valence-corrected chi connectivity index (χ3v) is 3.75. The lowest BCUT2D eigenvalue weighted by atomic mass is 10.1. The Morgan fingerprint density at radius 3 is 2.80 bits per heavy atom. The van der Waals surface area contributed by atoms with Gasteiger partial charge in [-0.3, -0.25) is 14.6 Å². The summed E-state index contributed by atoms with van der Waals surface area (Å²) in [6.45, 7) is 5.43. The molecule has 1 amide bonds. The molecule has 0 saturated heterocycles. The molecule has 2 N–H and O–H groups in total. The van der Waals surface area contributed by atoms with Crippen molar-refractivity contribution < 1.29 is 9.32 Å². The van der Waals surface area contributed by atoms with E-state index >= 15 is 0 Å². The number of carbonyl (C=O) groups is 1. The van der Waals surface area contributed by atoms with Crippen LogP contribution < -0.4 is 10.9 Å². The molecule has 3 heterocycles. The molecule has 3 rings (SSSR count). The van der Waals surface area contributed by atoms with E-state index in [1.54, 1.807) is 19.2 Å². The highest BCUT2D eigenvalue weighted by molar-refractivity contribution is 5.99. The first-order valence-corrected chi connectivity index (χ1v) is 7.68. The van der Waals surface area contributed by atoms with Gasteiger partial charge in [-0.05, 0) is 31.5 Å². The van der Waals surface area contributed by atoms with Crippen LogP contribution in [0.25, 0.3) is 11.4 Å². The maximum Gasteiger partial charge on any atom is 0.253 e. The Morgan fingerprint density at radius 2 is 2.12 bits per heavy atom. The molecule has 0 unspecified atom stereocenters. The second kappa shape index (κ2) is 6.68. The van der Waals surface area contributed by atoms with Crippen molar-refractivity contribution in [2.45, 2.75) is 27.3 Å². The van der Waals surface area contributed by atoms with Crippen molar-refractivity contribution in [3.05, 3.63) is 63.2 Å². The minimum absolute atomic E-state index is 0.111. The minimum Gasteiger partial charge on any atom is -0.348 e. The molecule has 8 nitrogen and oxygen atoms in total. The average molecular weight is 339 g/mol. The molecule has 8 heteroatoms. The Labute approximate surface area is 143 Å². The van der Waals surface area contributed by atoms with Crippen LogP contribution in [0, 0.1) is 20.8 Å². The molecule has 0 spiro atoms. The van der Waals surface area contributed by atoms with Gasteiger partial charge in [-0.25, -0.2) is 0 Å². The van der Waals surface area contributed by atoms with E-state index in [0.29, 0.717) is 28.4 Å². The molecule has 0 aliphatic rings. The van der Waals surface area contributed by atoms with Crippen LogP contribution in [0.5, 0.6) is 0 Å². The maximum atomic E-state index is 12.6. The quantitative estimate of drug-likeness (QED) is 0.747. The SMILES string of the molecule is Cc1cc(C)c(CNC(=O)c2cnccc2-c2noc(C)n2)c(=O)[nH]1. The van der Waals surface area contributed by atoms with Gasteiger partial charge >= 0.3 is 0 Å². The number of carbonyl (C=O) groups excluding carboxylic acids is 1. The van der Waals surface area contributed by atoms with Gasteiger partial charge in [0, 0.05) is 42.7 Å². The van der Waals surface area contributed by atoms with E-state index in [4.69, 9.17) is 4.52 Å². The number of aromatic amines is 1. The lowest BCUT2D eigenvalue weighted by Gasteiger charge is -2.09. The largest absolute Gasteiger partial charge is 0.348 e. The Kier molecular flexibility index (Phi) is 4.42. The minimum atomic E-state index is -0.370. The van der Waals surface area contributed by atoms with Gasteiger partial charge in [0.1, 0.15) is 0 Å². The van der Waals surface area contributed by atoms with E-state index in [0.717, 1.165) is 11.3 Å². The summed E-state index contributed by atoms with van der Waals surface area (Å²) in [5, 5.41) is 6.58. The maximum absolute atomic E-state index is 12.6. The summed E-state index contributed by atoms with van der Waals surface area (Å²) in [5.74, 6) is 0.347. The highest BCUT2D eigenvalue weighted by Crippen LogP contribution is 2.19. The predicted octanol–water partition coefficient (Wildman–Crippen LogP) is 1.68. The molecular formula is C17H17N5O3. The summed E-state index contributed by atoms with van der Waals surface area (Å²) in [6.07, 6.45) is 2.98. The third kappa shape index (κ3) is 3.47. The van der Waals surface area contributed by atoms with Crippen molar-refractivity contribution >= 4 is 5.91 Å². The standard InChI is InChI=1S/C17H17N5O3/c1-9-6-10(2)20-17(24)13(9)8-19-16(23)14-7-18-5-4-12(14)15-21-11(3)25-22-15/h4-7H,8H2,1-3H3,(H,19,23)(H,20,24). The fraction of sp³-hybridized carbons (Fsp3) is 0.235.